The van der Waals surface area contributed by atoms with E-state index in [0.717, 1.165) is 37.9 Å². The molecule has 18 heavy (non-hydrogen) atoms. The molecule has 1 aliphatic carbocycles. The Balaban J connectivity index is 1.72. The molecule has 0 radical (unpaired) electrons. The van der Waals surface area contributed by atoms with E-state index in [-0.39, 0.29) is 0 Å². The largest absolute Gasteiger partial charge is 0.308 e. The highest BCUT2D eigenvalue weighted by atomic mass is 15.3. The van der Waals surface area contributed by atoms with Crippen LogP contribution in [0.1, 0.15) is 38.9 Å². The molecule has 1 fully saturated rings. The topological polar surface area (TPSA) is 46.0 Å². The van der Waals surface area contributed by atoms with Crippen LogP contribution < -0.4 is 5.32 Å². The van der Waals surface area contributed by atoms with Gasteiger partial charge in [-0.05, 0) is 33.2 Å². The van der Waals surface area contributed by atoms with E-state index in [1.54, 1.807) is 6.33 Å². The van der Waals surface area contributed by atoms with E-state index in [0.29, 0.717) is 6.04 Å². The molecular formula is C13H25N5. The molecule has 1 aliphatic rings. The van der Waals surface area contributed by atoms with Crippen molar-refractivity contribution in [2.75, 3.05) is 13.6 Å². The molecular weight excluding hydrogens is 226 g/mol. The molecule has 1 N–H and O–H groups in total. The van der Waals surface area contributed by atoms with E-state index in [9.17, 15) is 0 Å². The molecule has 0 aromatic carbocycles. The van der Waals surface area contributed by atoms with Crippen molar-refractivity contribution in [3.63, 3.8) is 0 Å². The maximum atomic E-state index is 4.30. The minimum Gasteiger partial charge on any atom is -0.308 e. The summed E-state index contributed by atoms with van der Waals surface area (Å²) >= 11 is 0. The van der Waals surface area contributed by atoms with Crippen LogP contribution in [0.4, 0.5) is 0 Å². The minimum absolute atomic E-state index is 0.583. The Morgan fingerprint density at radius 2 is 2.33 bits per heavy atom. The predicted octanol–water partition coefficient (Wildman–Crippen LogP) is 1.26. The zero-order valence-corrected chi connectivity index (χ0v) is 11.8. The molecule has 1 aromatic rings. The molecule has 102 valence electrons. The maximum Gasteiger partial charge on any atom is 0.140 e. The van der Waals surface area contributed by atoms with Crippen molar-refractivity contribution in [2.45, 2.75) is 58.3 Å². The Bertz CT molecular complexity index is 358. The number of likely N-dealkylation sites (N-methyl/N-ethyl adjacent to an activating group) is 1. The fraction of sp³-hybridized carbons (Fsp3) is 0.846. The second-order valence-electron chi connectivity index (χ2n) is 5.28. The summed E-state index contributed by atoms with van der Waals surface area (Å²) in [6.07, 6.45) is 5.47. The van der Waals surface area contributed by atoms with Gasteiger partial charge in [-0.2, -0.15) is 5.10 Å². The fourth-order valence-electron chi connectivity index (χ4n) is 2.20. The van der Waals surface area contributed by atoms with Crippen LogP contribution >= 0.6 is 0 Å². The van der Waals surface area contributed by atoms with Gasteiger partial charge < -0.3 is 5.32 Å². The molecule has 1 aromatic heterocycles. The Morgan fingerprint density at radius 3 is 3.00 bits per heavy atom. The van der Waals surface area contributed by atoms with Gasteiger partial charge in [0.25, 0.3) is 0 Å². The van der Waals surface area contributed by atoms with Gasteiger partial charge in [0.2, 0.25) is 0 Å². The van der Waals surface area contributed by atoms with Crippen LogP contribution in [-0.4, -0.2) is 45.3 Å². The molecule has 1 heterocycles. The van der Waals surface area contributed by atoms with Crippen molar-refractivity contribution < 1.29 is 0 Å². The van der Waals surface area contributed by atoms with Gasteiger partial charge >= 0.3 is 0 Å². The second-order valence-corrected chi connectivity index (χ2v) is 5.28. The standard InChI is InChI=1S/C13H25N5/c1-4-7-18-13(15-10-16-18)9-14-8-11(2)17(3)12-5-6-12/h10-12,14H,4-9H2,1-3H3. The van der Waals surface area contributed by atoms with Gasteiger partial charge in [0.15, 0.2) is 0 Å². The SMILES string of the molecule is CCCn1ncnc1CNCC(C)N(C)C1CC1. The summed E-state index contributed by atoms with van der Waals surface area (Å²) in [6, 6.07) is 1.41. The Kier molecular flexibility index (Phi) is 4.72. The summed E-state index contributed by atoms with van der Waals surface area (Å²) < 4.78 is 1.99. The lowest BCUT2D eigenvalue weighted by atomic mass is 10.3. The van der Waals surface area contributed by atoms with Crippen molar-refractivity contribution in [1.29, 1.82) is 0 Å². The van der Waals surface area contributed by atoms with E-state index in [1.807, 2.05) is 4.68 Å². The maximum absolute atomic E-state index is 4.30. The van der Waals surface area contributed by atoms with E-state index in [1.165, 1.54) is 12.8 Å². The lowest BCUT2D eigenvalue weighted by molar-refractivity contribution is 0.240. The van der Waals surface area contributed by atoms with Crippen LogP contribution in [0.25, 0.3) is 0 Å². The second kappa shape index (κ2) is 6.29. The van der Waals surface area contributed by atoms with Crippen LogP contribution in [0, 0.1) is 0 Å². The first-order valence-electron chi connectivity index (χ1n) is 7.01. The van der Waals surface area contributed by atoms with Gasteiger partial charge in [0, 0.05) is 25.2 Å². The van der Waals surface area contributed by atoms with Crippen molar-refractivity contribution in [3.05, 3.63) is 12.2 Å². The van der Waals surface area contributed by atoms with Gasteiger partial charge in [-0.1, -0.05) is 6.92 Å². The fourth-order valence-corrected chi connectivity index (χ4v) is 2.20. The number of aromatic nitrogens is 3. The van der Waals surface area contributed by atoms with Crippen LogP contribution in [0.3, 0.4) is 0 Å². The van der Waals surface area contributed by atoms with E-state index < -0.39 is 0 Å². The van der Waals surface area contributed by atoms with Crippen molar-refractivity contribution >= 4 is 0 Å². The third kappa shape index (κ3) is 3.53. The van der Waals surface area contributed by atoms with Crippen molar-refractivity contribution in [3.8, 4) is 0 Å². The zero-order valence-electron chi connectivity index (χ0n) is 11.8. The van der Waals surface area contributed by atoms with E-state index >= 15 is 0 Å². The summed E-state index contributed by atoms with van der Waals surface area (Å²) in [5.74, 6) is 1.04. The number of hydrogen-bond donors (Lipinski definition) is 1. The van der Waals surface area contributed by atoms with Crippen LogP contribution in [-0.2, 0) is 13.1 Å². The van der Waals surface area contributed by atoms with E-state index in [2.05, 4.69) is 41.2 Å². The van der Waals surface area contributed by atoms with Crippen molar-refractivity contribution in [1.82, 2.24) is 25.0 Å². The first kappa shape index (κ1) is 13.5. The molecule has 2 rings (SSSR count). The van der Waals surface area contributed by atoms with Gasteiger partial charge in [0.05, 0.1) is 6.54 Å². The number of rotatable bonds is 8. The Morgan fingerprint density at radius 1 is 1.56 bits per heavy atom. The van der Waals surface area contributed by atoms with Gasteiger partial charge in [-0.3, -0.25) is 4.90 Å². The normalized spacial score (nSPS) is 17.3. The summed E-state index contributed by atoms with van der Waals surface area (Å²) in [4.78, 5) is 6.78. The van der Waals surface area contributed by atoms with Crippen LogP contribution in [0.15, 0.2) is 6.33 Å². The number of nitrogens with zero attached hydrogens (tertiary/aromatic N) is 4. The third-order valence-corrected chi connectivity index (χ3v) is 3.67. The first-order valence-corrected chi connectivity index (χ1v) is 7.01. The lowest BCUT2D eigenvalue weighted by Crippen LogP contribution is -2.39. The zero-order chi connectivity index (χ0) is 13.0. The molecule has 0 spiro atoms. The average molecular weight is 251 g/mol. The highest BCUT2D eigenvalue weighted by Gasteiger charge is 2.28. The molecule has 1 atom stereocenters. The van der Waals surface area contributed by atoms with Crippen molar-refractivity contribution in [2.24, 2.45) is 0 Å². The smallest absolute Gasteiger partial charge is 0.140 e. The molecule has 0 amide bonds. The summed E-state index contributed by atoms with van der Waals surface area (Å²) in [5.41, 5.74) is 0. The third-order valence-electron chi connectivity index (χ3n) is 3.67. The summed E-state index contributed by atoms with van der Waals surface area (Å²) in [6.45, 7) is 7.21. The lowest BCUT2D eigenvalue weighted by Gasteiger charge is -2.24. The molecule has 5 nitrogen and oxygen atoms in total. The van der Waals surface area contributed by atoms with Gasteiger partial charge in [-0.25, -0.2) is 9.67 Å². The van der Waals surface area contributed by atoms with Gasteiger partial charge in [-0.15, -0.1) is 0 Å². The highest BCUT2D eigenvalue weighted by molar-refractivity contribution is 4.87. The molecule has 0 bridgehead atoms. The molecule has 5 heteroatoms. The number of hydrogen-bond acceptors (Lipinski definition) is 4. The Labute approximate surface area is 110 Å². The number of nitrogens with one attached hydrogen (secondary N) is 1. The molecule has 0 saturated heterocycles. The Hall–Kier alpha value is -0.940. The minimum atomic E-state index is 0.583. The summed E-state index contributed by atoms with van der Waals surface area (Å²) in [7, 11) is 2.23. The molecule has 0 aliphatic heterocycles. The molecule has 1 unspecified atom stereocenters. The first-order chi connectivity index (χ1) is 8.72. The monoisotopic (exact) mass is 251 g/mol. The number of aryl methyl sites for hydroxylation is 1. The highest BCUT2D eigenvalue weighted by Crippen LogP contribution is 2.26. The molecule has 1 saturated carbocycles. The summed E-state index contributed by atoms with van der Waals surface area (Å²) in [5, 5.41) is 7.72. The predicted molar refractivity (Wildman–Crippen MR) is 72.3 cm³/mol. The average Bonchev–Trinajstić information content (AvgIpc) is 3.12. The van der Waals surface area contributed by atoms with E-state index in [4.69, 9.17) is 0 Å². The van der Waals surface area contributed by atoms with Crippen LogP contribution in [0.2, 0.25) is 0 Å². The van der Waals surface area contributed by atoms with Gasteiger partial charge in [0.1, 0.15) is 12.2 Å². The quantitative estimate of drug-likeness (QED) is 0.755. The van der Waals surface area contributed by atoms with Crippen LogP contribution in [0.5, 0.6) is 0 Å².